The smallest absolute Gasteiger partial charge is 0.338 e. The summed E-state index contributed by atoms with van der Waals surface area (Å²) >= 11 is 0. The second-order valence-corrected chi connectivity index (χ2v) is 6.24. The third kappa shape index (κ3) is 3.80. The number of carbonyl (C=O) groups is 3. The van der Waals surface area contributed by atoms with Crippen LogP contribution < -0.4 is 5.32 Å². The quantitative estimate of drug-likeness (QED) is 0.768. The van der Waals surface area contributed by atoms with Gasteiger partial charge in [-0.05, 0) is 12.1 Å². The van der Waals surface area contributed by atoms with Crippen molar-refractivity contribution >= 4 is 17.9 Å². The zero-order valence-electron chi connectivity index (χ0n) is 13.8. The number of hydrogen-bond acceptors (Lipinski definition) is 6. The lowest BCUT2D eigenvalue weighted by atomic mass is 10.1. The van der Waals surface area contributed by atoms with E-state index in [0.717, 1.165) is 0 Å². The Morgan fingerprint density at radius 3 is 2.80 bits per heavy atom. The first-order valence-electron chi connectivity index (χ1n) is 8.13. The van der Waals surface area contributed by atoms with E-state index in [1.54, 1.807) is 37.3 Å². The largest absolute Gasteiger partial charge is 0.459 e. The Morgan fingerprint density at radius 1 is 1.36 bits per heavy atom. The molecule has 1 aromatic carbocycles. The Morgan fingerprint density at radius 2 is 2.08 bits per heavy atom. The molecule has 0 aliphatic carbocycles. The van der Waals surface area contributed by atoms with E-state index in [-0.39, 0.29) is 31.4 Å². The van der Waals surface area contributed by atoms with Gasteiger partial charge < -0.3 is 14.6 Å². The topological polar surface area (TPSA) is 105 Å². The lowest BCUT2D eigenvalue weighted by Crippen LogP contribution is -2.57. The van der Waals surface area contributed by atoms with Gasteiger partial charge in [0.15, 0.2) is 0 Å². The summed E-state index contributed by atoms with van der Waals surface area (Å²) < 4.78 is 10.9. The number of carbonyl (C=O) groups excluding carboxylic acids is 3. The van der Waals surface area contributed by atoms with E-state index in [1.165, 1.54) is 4.90 Å². The molecule has 0 spiro atoms. The Labute approximate surface area is 144 Å². The fourth-order valence-electron chi connectivity index (χ4n) is 2.88. The Kier molecular flexibility index (Phi) is 5.00. The third-order valence-corrected chi connectivity index (χ3v) is 4.35. The van der Waals surface area contributed by atoms with Gasteiger partial charge in [0.25, 0.3) is 0 Å². The normalized spacial score (nSPS) is 29.4. The number of hydrogen-bond donors (Lipinski definition) is 2. The maximum absolute atomic E-state index is 12.0. The molecular weight excluding hydrogens is 328 g/mol. The molecule has 0 bridgehead atoms. The van der Waals surface area contributed by atoms with Gasteiger partial charge in [-0.2, -0.15) is 0 Å². The van der Waals surface area contributed by atoms with Gasteiger partial charge in [-0.25, -0.2) is 9.59 Å². The van der Waals surface area contributed by atoms with Crippen LogP contribution in [-0.2, 0) is 14.3 Å². The number of urea groups is 1. The number of amides is 3. The minimum atomic E-state index is -0.866. The monoisotopic (exact) mass is 348 g/mol. The SMILES string of the molecule is CC1CN([C@H]2C[C@H](O)[C@@H](COC(=O)c3ccccc3)O2)C(=O)NC1=O. The molecule has 2 aliphatic heterocycles. The van der Waals surface area contributed by atoms with Gasteiger partial charge in [-0.15, -0.1) is 0 Å². The number of aliphatic hydroxyl groups is 1. The first kappa shape index (κ1) is 17.4. The molecule has 3 rings (SSSR count). The first-order chi connectivity index (χ1) is 12.0. The summed E-state index contributed by atoms with van der Waals surface area (Å²) in [6, 6.07) is 7.97. The van der Waals surface area contributed by atoms with Crippen molar-refractivity contribution in [3.8, 4) is 0 Å². The Balaban J connectivity index is 1.56. The van der Waals surface area contributed by atoms with Crippen LogP contribution in [0.15, 0.2) is 30.3 Å². The summed E-state index contributed by atoms with van der Waals surface area (Å²) in [6.07, 6.45) is -2.05. The first-order valence-corrected chi connectivity index (χ1v) is 8.13. The van der Waals surface area contributed by atoms with Crippen LogP contribution in [0.2, 0.25) is 0 Å². The average Bonchev–Trinajstić information content (AvgIpc) is 2.97. The van der Waals surface area contributed by atoms with Crippen LogP contribution in [-0.4, -0.2) is 59.5 Å². The molecule has 2 N–H and O–H groups in total. The van der Waals surface area contributed by atoms with Crippen molar-refractivity contribution < 1.29 is 29.0 Å². The van der Waals surface area contributed by atoms with Crippen LogP contribution in [0.4, 0.5) is 4.79 Å². The standard InChI is InChI=1S/C17H20N2O6/c1-10-8-19(17(23)18-15(10)21)14-7-12(20)13(25-14)9-24-16(22)11-5-3-2-4-6-11/h2-6,10,12-14,20H,7-9H2,1H3,(H,18,21,23)/t10?,12-,13+,14+/m0/s1. The molecule has 1 aromatic rings. The van der Waals surface area contributed by atoms with Gasteiger partial charge in [0.1, 0.15) is 18.9 Å². The molecule has 1 unspecified atom stereocenters. The lowest BCUT2D eigenvalue weighted by Gasteiger charge is -2.34. The molecule has 0 aromatic heterocycles. The van der Waals surface area contributed by atoms with Gasteiger partial charge >= 0.3 is 12.0 Å². The molecule has 4 atom stereocenters. The summed E-state index contributed by atoms with van der Waals surface area (Å²) in [5, 5.41) is 12.4. The van der Waals surface area contributed by atoms with Crippen molar-refractivity contribution in [2.75, 3.05) is 13.2 Å². The lowest BCUT2D eigenvalue weighted by molar-refractivity contribution is -0.128. The summed E-state index contributed by atoms with van der Waals surface area (Å²) in [4.78, 5) is 36.8. The second-order valence-electron chi connectivity index (χ2n) is 6.24. The van der Waals surface area contributed by atoms with E-state index in [2.05, 4.69) is 5.32 Å². The minimum absolute atomic E-state index is 0.116. The number of nitrogens with one attached hydrogen (secondary N) is 1. The Bertz CT molecular complexity index is 664. The fraction of sp³-hybridized carbons (Fsp3) is 0.471. The number of ether oxygens (including phenoxy) is 2. The van der Waals surface area contributed by atoms with E-state index >= 15 is 0 Å². The number of imide groups is 1. The van der Waals surface area contributed by atoms with Crippen molar-refractivity contribution in [2.24, 2.45) is 5.92 Å². The molecule has 2 fully saturated rings. The summed E-state index contributed by atoms with van der Waals surface area (Å²) in [7, 11) is 0. The minimum Gasteiger partial charge on any atom is -0.459 e. The molecular formula is C17H20N2O6. The summed E-state index contributed by atoms with van der Waals surface area (Å²) in [5.74, 6) is -1.18. The van der Waals surface area contributed by atoms with Gasteiger partial charge in [-0.1, -0.05) is 25.1 Å². The predicted molar refractivity (Wildman–Crippen MR) is 85.4 cm³/mol. The maximum atomic E-state index is 12.0. The van der Waals surface area contributed by atoms with E-state index in [4.69, 9.17) is 9.47 Å². The summed E-state index contributed by atoms with van der Waals surface area (Å²) in [5.41, 5.74) is 0.411. The average molecular weight is 348 g/mol. The zero-order valence-corrected chi connectivity index (χ0v) is 13.8. The molecule has 2 aliphatic rings. The van der Waals surface area contributed by atoms with Crippen LogP contribution in [0, 0.1) is 5.92 Å². The van der Waals surface area contributed by atoms with E-state index < -0.39 is 30.4 Å². The van der Waals surface area contributed by atoms with E-state index in [1.807, 2.05) is 0 Å². The molecule has 3 amide bonds. The molecule has 0 radical (unpaired) electrons. The Hall–Kier alpha value is -2.45. The van der Waals surface area contributed by atoms with Gasteiger partial charge in [0.05, 0.1) is 17.6 Å². The molecule has 8 heteroatoms. The third-order valence-electron chi connectivity index (χ3n) is 4.35. The highest BCUT2D eigenvalue weighted by molar-refractivity contribution is 5.97. The van der Waals surface area contributed by atoms with Crippen molar-refractivity contribution in [3.05, 3.63) is 35.9 Å². The number of esters is 1. The molecule has 8 nitrogen and oxygen atoms in total. The highest BCUT2D eigenvalue weighted by atomic mass is 16.6. The molecule has 2 heterocycles. The van der Waals surface area contributed by atoms with Crippen molar-refractivity contribution in [1.82, 2.24) is 10.2 Å². The summed E-state index contributed by atoms with van der Waals surface area (Å²) in [6.45, 7) is 1.81. The molecule has 25 heavy (non-hydrogen) atoms. The fourth-order valence-corrected chi connectivity index (χ4v) is 2.88. The van der Waals surface area contributed by atoms with Crippen LogP contribution in [0.5, 0.6) is 0 Å². The van der Waals surface area contributed by atoms with Crippen LogP contribution >= 0.6 is 0 Å². The van der Waals surface area contributed by atoms with Gasteiger partial charge in [-0.3, -0.25) is 15.0 Å². The molecule has 0 saturated carbocycles. The number of benzene rings is 1. The highest BCUT2D eigenvalue weighted by Crippen LogP contribution is 2.26. The number of nitrogens with zero attached hydrogens (tertiary/aromatic N) is 1. The number of rotatable bonds is 4. The van der Waals surface area contributed by atoms with Crippen LogP contribution in [0.1, 0.15) is 23.7 Å². The maximum Gasteiger partial charge on any atom is 0.338 e. The molecule has 134 valence electrons. The van der Waals surface area contributed by atoms with E-state index in [0.29, 0.717) is 5.56 Å². The molecule has 2 saturated heterocycles. The second kappa shape index (κ2) is 7.20. The van der Waals surface area contributed by atoms with Crippen LogP contribution in [0.25, 0.3) is 0 Å². The van der Waals surface area contributed by atoms with Crippen molar-refractivity contribution in [1.29, 1.82) is 0 Å². The highest BCUT2D eigenvalue weighted by Gasteiger charge is 2.42. The van der Waals surface area contributed by atoms with Gasteiger partial charge in [0.2, 0.25) is 5.91 Å². The van der Waals surface area contributed by atoms with E-state index in [9.17, 15) is 19.5 Å². The van der Waals surface area contributed by atoms with Gasteiger partial charge in [0, 0.05) is 13.0 Å². The van der Waals surface area contributed by atoms with Crippen LogP contribution in [0.3, 0.4) is 0 Å². The van der Waals surface area contributed by atoms with Crippen molar-refractivity contribution in [3.63, 3.8) is 0 Å². The number of aliphatic hydroxyl groups excluding tert-OH is 1. The van der Waals surface area contributed by atoms with Crippen molar-refractivity contribution in [2.45, 2.75) is 31.8 Å². The zero-order chi connectivity index (χ0) is 18.0. The predicted octanol–water partition coefficient (Wildman–Crippen LogP) is 0.507.